The largest absolute Gasteiger partial charge is 0.396 e. The standard InChI is InChI=1S/C10H21NO5/c1-2-9(14)10(11(15)16,5-3-7-12)6-4-8-13/h9,12-14H,2-8H2,1H3. The Morgan fingerprint density at radius 3 is 1.94 bits per heavy atom. The Bertz CT molecular complexity index is 201. The topological polar surface area (TPSA) is 104 Å². The zero-order chi connectivity index (χ0) is 12.6. The van der Waals surface area contributed by atoms with Crippen molar-refractivity contribution in [1.29, 1.82) is 0 Å². The first-order valence-corrected chi connectivity index (χ1v) is 5.59. The molecule has 0 heterocycles. The quantitative estimate of drug-likeness (QED) is 0.394. The molecule has 0 aromatic heterocycles. The molecule has 0 spiro atoms. The number of rotatable bonds is 9. The SMILES string of the molecule is CCC(O)C(CCCO)(CCCO)[N+](=O)[O-]. The zero-order valence-corrected chi connectivity index (χ0v) is 9.63. The number of hydrogen-bond donors (Lipinski definition) is 3. The molecule has 0 aromatic carbocycles. The van der Waals surface area contributed by atoms with Crippen molar-refractivity contribution in [1.82, 2.24) is 0 Å². The first-order chi connectivity index (χ1) is 7.55. The Morgan fingerprint density at radius 1 is 1.25 bits per heavy atom. The smallest absolute Gasteiger partial charge is 0.247 e. The van der Waals surface area contributed by atoms with E-state index >= 15 is 0 Å². The highest BCUT2D eigenvalue weighted by Crippen LogP contribution is 2.29. The van der Waals surface area contributed by atoms with Gasteiger partial charge >= 0.3 is 0 Å². The van der Waals surface area contributed by atoms with E-state index in [0.717, 1.165) is 0 Å². The van der Waals surface area contributed by atoms with E-state index in [1.54, 1.807) is 6.92 Å². The third-order valence-corrected chi connectivity index (χ3v) is 2.91. The number of aliphatic hydroxyl groups is 3. The monoisotopic (exact) mass is 235 g/mol. The fourth-order valence-corrected chi connectivity index (χ4v) is 1.91. The lowest BCUT2D eigenvalue weighted by Gasteiger charge is -2.29. The van der Waals surface area contributed by atoms with Gasteiger partial charge in [0.2, 0.25) is 5.54 Å². The summed E-state index contributed by atoms with van der Waals surface area (Å²) >= 11 is 0. The lowest BCUT2D eigenvalue weighted by Crippen LogP contribution is -2.49. The predicted molar refractivity (Wildman–Crippen MR) is 58.7 cm³/mol. The molecule has 0 aromatic rings. The van der Waals surface area contributed by atoms with Crippen LogP contribution in [0.25, 0.3) is 0 Å². The van der Waals surface area contributed by atoms with Gasteiger partial charge in [-0.2, -0.15) is 0 Å². The maximum absolute atomic E-state index is 11.1. The summed E-state index contributed by atoms with van der Waals surface area (Å²) in [6, 6.07) is 0. The highest BCUT2D eigenvalue weighted by Gasteiger charge is 2.47. The van der Waals surface area contributed by atoms with Gasteiger partial charge in [0.1, 0.15) is 6.10 Å². The molecule has 0 radical (unpaired) electrons. The second kappa shape index (κ2) is 7.54. The Labute approximate surface area is 95.1 Å². The van der Waals surface area contributed by atoms with E-state index in [1.165, 1.54) is 0 Å². The molecule has 0 aliphatic carbocycles. The molecule has 0 aliphatic heterocycles. The molecule has 6 nitrogen and oxygen atoms in total. The Balaban J connectivity index is 4.81. The number of nitrogens with zero attached hydrogens (tertiary/aromatic N) is 1. The predicted octanol–water partition coefficient (Wildman–Crippen LogP) is 0.318. The summed E-state index contributed by atoms with van der Waals surface area (Å²) in [6.07, 6.45) is 0.0718. The summed E-state index contributed by atoms with van der Waals surface area (Å²) in [4.78, 5) is 10.7. The first kappa shape index (κ1) is 15.3. The van der Waals surface area contributed by atoms with Crippen LogP contribution in [-0.2, 0) is 0 Å². The minimum Gasteiger partial charge on any atom is -0.396 e. The van der Waals surface area contributed by atoms with Crippen LogP contribution in [0, 0.1) is 10.1 Å². The maximum atomic E-state index is 11.1. The average Bonchev–Trinajstić information content (AvgIpc) is 2.28. The third-order valence-electron chi connectivity index (χ3n) is 2.91. The van der Waals surface area contributed by atoms with Gasteiger partial charge in [-0.3, -0.25) is 10.1 Å². The van der Waals surface area contributed by atoms with Gasteiger partial charge in [0.25, 0.3) is 0 Å². The van der Waals surface area contributed by atoms with E-state index in [0.29, 0.717) is 0 Å². The fraction of sp³-hybridized carbons (Fsp3) is 1.00. The van der Waals surface area contributed by atoms with Crippen LogP contribution in [0.4, 0.5) is 0 Å². The molecular weight excluding hydrogens is 214 g/mol. The lowest BCUT2D eigenvalue weighted by atomic mass is 9.82. The van der Waals surface area contributed by atoms with Crippen LogP contribution in [0.3, 0.4) is 0 Å². The number of nitro groups is 1. The highest BCUT2D eigenvalue weighted by molar-refractivity contribution is 4.86. The van der Waals surface area contributed by atoms with Gasteiger partial charge in [-0.1, -0.05) is 6.92 Å². The molecule has 96 valence electrons. The van der Waals surface area contributed by atoms with Crippen molar-refractivity contribution >= 4 is 0 Å². The molecule has 0 rings (SSSR count). The van der Waals surface area contributed by atoms with Crippen LogP contribution in [0.2, 0.25) is 0 Å². The van der Waals surface area contributed by atoms with Crippen LogP contribution in [0.1, 0.15) is 39.0 Å². The van der Waals surface area contributed by atoms with E-state index in [2.05, 4.69) is 0 Å². The summed E-state index contributed by atoms with van der Waals surface area (Å²) in [7, 11) is 0. The van der Waals surface area contributed by atoms with Crippen molar-refractivity contribution in [2.75, 3.05) is 13.2 Å². The summed E-state index contributed by atoms with van der Waals surface area (Å²) in [5.74, 6) is 0. The van der Waals surface area contributed by atoms with Crippen LogP contribution >= 0.6 is 0 Å². The van der Waals surface area contributed by atoms with Crippen LogP contribution in [0.5, 0.6) is 0 Å². The van der Waals surface area contributed by atoms with E-state index in [9.17, 15) is 15.2 Å². The van der Waals surface area contributed by atoms with Crippen molar-refractivity contribution in [3.8, 4) is 0 Å². The van der Waals surface area contributed by atoms with E-state index < -0.39 is 16.6 Å². The zero-order valence-electron chi connectivity index (χ0n) is 9.63. The normalized spacial score (nSPS) is 13.8. The van der Waals surface area contributed by atoms with Gasteiger partial charge in [-0.25, -0.2) is 0 Å². The van der Waals surface area contributed by atoms with Crippen molar-refractivity contribution in [3.05, 3.63) is 10.1 Å². The number of aliphatic hydroxyl groups excluding tert-OH is 3. The summed E-state index contributed by atoms with van der Waals surface area (Å²) < 4.78 is 0. The Morgan fingerprint density at radius 2 is 1.69 bits per heavy atom. The third kappa shape index (κ3) is 3.70. The maximum Gasteiger partial charge on any atom is 0.247 e. The van der Waals surface area contributed by atoms with Gasteiger partial charge in [-0.15, -0.1) is 0 Å². The fourth-order valence-electron chi connectivity index (χ4n) is 1.91. The molecule has 0 saturated carbocycles. The molecule has 1 atom stereocenters. The van der Waals surface area contributed by atoms with Crippen LogP contribution in [0.15, 0.2) is 0 Å². The van der Waals surface area contributed by atoms with Gasteiger partial charge in [0.05, 0.1) is 0 Å². The van der Waals surface area contributed by atoms with Crippen molar-refractivity contribution in [2.45, 2.75) is 50.7 Å². The molecule has 6 heteroatoms. The molecule has 0 bridgehead atoms. The molecule has 3 N–H and O–H groups in total. The second-order valence-corrected chi connectivity index (χ2v) is 3.94. The molecule has 0 amide bonds. The first-order valence-electron chi connectivity index (χ1n) is 5.59. The van der Waals surface area contributed by atoms with Crippen molar-refractivity contribution in [2.24, 2.45) is 0 Å². The van der Waals surface area contributed by atoms with Crippen LogP contribution < -0.4 is 0 Å². The number of hydrogen-bond acceptors (Lipinski definition) is 5. The minimum absolute atomic E-state index is 0.130. The second-order valence-electron chi connectivity index (χ2n) is 3.94. The molecule has 1 unspecified atom stereocenters. The Kier molecular flexibility index (Phi) is 7.20. The Hall–Kier alpha value is -0.720. The van der Waals surface area contributed by atoms with Crippen molar-refractivity contribution < 1.29 is 20.2 Å². The minimum atomic E-state index is -1.43. The molecular formula is C10H21NO5. The average molecular weight is 235 g/mol. The van der Waals surface area contributed by atoms with Crippen LogP contribution in [-0.4, -0.2) is 45.1 Å². The summed E-state index contributed by atoms with van der Waals surface area (Å²) in [5, 5.41) is 38.4. The van der Waals surface area contributed by atoms with E-state index in [-0.39, 0.29) is 45.3 Å². The van der Waals surface area contributed by atoms with Gasteiger partial charge in [0, 0.05) is 31.0 Å². The van der Waals surface area contributed by atoms with Gasteiger partial charge in [0.15, 0.2) is 0 Å². The van der Waals surface area contributed by atoms with E-state index in [1.807, 2.05) is 0 Å². The summed E-state index contributed by atoms with van der Waals surface area (Å²) in [5.41, 5.74) is -1.43. The molecule has 0 saturated heterocycles. The highest BCUT2D eigenvalue weighted by atomic mass is 16.6. The van der Waals surface area contributed by atoms with Gasteiger partial charge in [-0.05, 0) is 19.3 Å². The van der Waals surface area contributed by atoms with Gasteiger partial charge < -0.3 is 15.3 Å². The summed E-state index contributed by atoms with van der Waals surface area (Å²) in [6.45, 7) is 1.41. The van der Waals surface area contributed by atoms with Crippen molar-refractivity contribution in [3.63, 3.8) is 0 Å². The lowest BCUT2D eigenvalue weighted by molar-refractivity contribution is -0.586. The molecule has 0 fully saturated rings. The molecule has 0 aliphatic rings. The van der Waals surface area contributed by atoms with E-state index in [4.69, 9.17) is 10.2 Å². The molecule has 16 heavy (non-hydrogen) atoms.